The average molecular weight is 379 g/mol. The standard InChI is InChI=1S/C17H29N7O3/c1-3-5-6-7-12(10-24(27)11-25)15(26)22-23-17-20-14(4-2)19-16(21-17)18-13-8-9-13/h11-13,27H,3-10H2,1-2H3,(H,22,26)(H2,18,19,20,21,23)/t12-/m0/s1. The van der Waals surface area contributed by atoms with E-state index in [1.807, 2.05) is 6.92 Å². The van der Waals surface area contributed by atoms with Crippen LogP contribution in [0.5, 0.6) is 0 Å². The fraction of sp³-hybridized carbons (Fsp3) is 0.706. The van der Waals surface area contributed by atoms with Gasteiger partial charge in [0.15, 0.2) is 0 Å². The van der Waals surface area contributed by atoms with Crippen LogP contribution in [0.2, 0.25) is 0 Å². The van der Waals surface area contributed by atoms with Gasteiger partial charge in [-0.2, -0.15) is 15.0 Å². The predicted molar refractivity (Wildman–Crippen MR) is 99.8 cm³/mol. The Kier molecular flexibility index (Phi) is 8.18. The molecular formula is C17H29N7O3. The minimum Gasteiger partial charge on any atom is -0.351 e. The zero-order valence-electron chi connectivity index (χ0n) is 15.9. The number of rotatable bonds is 13. The summed E-state index contributed by atoms with van der Waals surface area (Å²) in [5, 5.41) is 13.1. The van der Waals surface area contributed by atoms with Gasteiger partial charge in [0.2, 0.25) is 24.2 Å². The van der Waals surface area contributed by atoms with E-state index >= 15 is 0 Å². The van der Waals surface area contributed by atoms with Crippen molar-refractivity contribution in [1.29, 1.82) is 0 Å². The van der Waals surface area contributed by atoms with Crippen molar-refractivity contribution in [2.45, 2.75) is 64.8 Å². The van der Waals surface area contributed by atoms with Crippen LogP contribution < -0.4 is 16.2 Å². The van der Waals surface area contributed by atoms with Crippen molar-refractivity contribution in [1.82, 2.24) is 25.4 Å². The number of hydrazine groups is 1. The second-order valence-corrected chi connectivity index (χ2v) is 6.71. The number of carbonyl (C=O) groups excluding carboxylic acids is 2. The van der Waals surface area contributed by atoms with Gasteiger partial charge in [-0.05, 0) is 19.3 Å². The first-order valence-electron chi connectivity index (χ1n) is 9.53. The van der Waals surface area contributed by atoms with Crippen molar-refractivity contribution in [2.24, 2.45) is 5.92 Å². The van der Waals surface area contributed by atoms with Crippen molar-refractivity contribution in [2.75, 3.05) is 17.3 Å². The minimum atomic E-state index is -0.532. The van der Waals surface area contributed by atoms with Crippen molar-refractivity contribution in [3.8, 4) is 0 Å². The summed E-state index contributed by atoms with van der Waals surface area (Å²) in [6.07, 6.45) is 6.53. The maximum absolute atomic E-state index is 12.5. The fourth-order valence-electron chi connectivity index (χ4n) is 2.54. The number of aryl methyl sites for hydroxylation is 1. The molecule has 0 aromatic carbocycles. The number of hydrogen-bond donors (Lipinski definition) is 4. The second kappa shape index (κ2) is 10.6. The molecule has 1 aromatic rings. The lowest BCUT2D eigenvalue weighted by atomic mass is 10.0. The molecule has 0 bridgehead atoms. The maximum atomic E-state index is 12.5. The van der Waals surface area contributed by atoms with Gasteiger partial charge >= 0.3 is 0 Å². The summed E-state index contributed by atoms with van der Waals surface area (Å²) in [5.74, 6) is 0.495. The van der Waals surface area contributed by atoms with Gasteiger partial charge in [0.25, 0.3) is 0 Å². The number of anilines is 2. The molecule has 1 fully saturated rings. The summed E-state index contributed by atoms with van der Waals surface area (Å²) in [6.45, 7) is 3.95. The van der Waals surface area contributed by atoms with E-state index in [9.17, 15) is 14.8 Å². The zero-order chi connectivity index (χ0) is 19.6. The Balaban J connectivity index is 1.96. The quantitative estimate of drug-likeness (QED) is 0.175. The van der Waals surface area contributed by atoms with Gasteiger partial charge in [0, 0.05) is 12.5 Å². The van der Waals surface area contributed by atoms with E-state index in [1.165, 1.54) is 0 Å². The first-order valence-corrected chi connectivity index (χ1v) is 9.53. The van der Waals surface area contributed by atoms with Gasteiger partial charge in [-0.15, -0.1) is 0 Å². The van der Waals surface area contributed by atoms with Crippen LogP contribution in [0.1, 0.15) is 58.2 Å². The van der Waals surface area contributed by atoms with E-state index in [0.717, 1.165) is 32.1 Å². The number of hydrogen-bond acceptors (Lipinski definition) is 8. The molecule has 1 aromatic heterocycles. The van der Waals surface area contributed by atoms with E-state index in [2.05, 4.69) is 38.0 Å². The van der Waals surface area contributed by atoms with Crippen LogP contribution in [0.15, 0.2) is 0 Å². The molecule has 150 valence electrons. The third kappa shape index (κ3) is 7.33. The summed E-state index contributed by atoms with van der Waals surface area (Å²) >= 11 is 0. The number of aromatic nitrogens is 3. The van der Waals surface area contributed by atoms with Gasteiger partial charge in [-0.25, -0.2) is 5.06 Å². The van der Waals surface area contributed by atoms with Crippen molar-refractivity contribution in [3.05, 3.63) is 5.82 Å². The van der Waals surface area contributed by atoms with Gasteiger partial charge in [-0.3, -0.25) is 25.6 Å². The molecule has 0 spiro atoms. The highest BCUT2D eigenvalue weighted by atomic mass is 16.5. The van der Waals surface area contributed by atoms with E-state index in [1.54, 1.807) is 0 Å². The molecule has 1 aliphatic rings. The first-order chi connectivity index (χ1) is 13.0. The number of nitrogens with zero attached hydrogens (tertiary/aromatic N) is 4. The first kappa shape index (κ1) is 20.8. The maximum Gasteiger partial charge on any atom is 0.246 e. The highest BCUT2D eigenvalue weighted by molar-refractivity contribution is 5.80. The molecule has 27 heavy (non-hydrogen) atoms. The van der Waals surface area contributed by atoms with Crippen LogP contribution in [-0.2, 0) is 16.0 Å². The zero-order valence-corrected chi connectivity index (χ0v) is 15.9. The molecule has 10 nitrogen and oxygen atoms in total. The van der Waals surface area contributed by atoms with Gasteiger partial charge in [0.1, 0.15) is 5.82 Å². The van der Waals surface area contributed by atoms with E-state index in [4.69, 9.17) is 0 Å². The lowest BCUT2D eigenvalue weighted by Crippen LogP contribution is -2.40. The van der Waals surface area contributed by atoms with E-state index in [0.29, 0.717) is 42.1 Å². The van der Waals surface area contributed by atoms with Crippen LogP contribution in [0.4, 0.5) is 11.9 Å². The van der Waals surface area contributed by atoms with Crippen molar-refractivity contribution >= 4 is 24.2 Å². The monoisotopic (exact) mass is 379 g/mol. The minimum absolute atomic E-state index is 0.0629. The summed E-state index contributed by atoms with van der Waals surface area (Å²) < 4.78 is 0. The van der Waals surface area contributed by atoms with Gasteiger partial charge < -0.3 is 5.32 Å². The second-order valence-electron chi connectivity index (χ2n) is 6.71. The van der Waals surface area contributed by atoms with Crippen molar-refractivity contribution < 1.29 is 14.8 Å². The third-order valence-corrected chi connectivity index (χ3v) is 4.26. The number of nitrogens with one attached hydrogen (secondary N) is 3. The Morgan fingerprint density at radius 3 is 2.63 bits per heavy atom. The SMILES string of the molecule is CCCCC[C@@H](CN(O)C=O)C(=O)NNc1nc(CC)nc(NC2CC2)n1. The molecule has 1 atom stereocenters. The summed E-state index contributed by atoms with van der Waals surface area (Å²) in [7, 11) is 0. The molecule has 2 amide bonds. The lowest BCUT2D eigenvalue weighted by Gasteiger charge is -2.19. The molecule has 0 aliphatic heterocycles. The summed E-state index contributed by atoms with van der Waals surface area (Å²) in [4.78, 5) is 36.0. The molecule has 1 aliphatic carbocycles. The Labute approximate surface area is 159 Å². The number of unbranched alkanes of at least 4 members (excludes halogenated alkanes) is 2. The van der Waals surface area contributed by atoms with Crippen LogP contribution in [0.25, 0.3) is 0 Å². The summed E-state index contributed by atoms with van der Waals surface area (Å²) in [6, 6.07) is 0.404. The lowest BCUT2D eigenvalue weighted by molar-refractivity contribution is -0.154. The summed E-state index contributed by atoms with van der Waals surface area (Å²) in [5.41, 5.74) is 5.30. The molecule has 0 unspecified atom stereocenters. The Morgan fingerprint density at radius 2 is 2.00 bits per heavy atom. The van der Waals surface area contributed by atoms with Crippen molar-refractivity contribution in [3.63, 3.8) is 0 Å². The highest BCUT2D eigenvalue weighted by Gasteiger charge is 2.23. The topological polar surface area (TPSA) is 132 Å². The van der Waals surface area contributed by atoms with Gasteiger partial charge in [0.05, 0.1) is 12.5 Å². The molecule has 1 heterocycles. The molecule has 10 heteroatoms. The number of amides is 2. The fourth-order valence-corrected chi connectivity index (χ4v) is 2.54. The van der Waals surface area contributed by atoms with Crippen LogP contribution in [-0.4, -0.2) is 50.1 Å². The Morgan fingerprint density at radius 1 is 1.26 bits per heavy atom. The third-order valence-electron chi connectivity index (χ3n) is 4.26. The Hall–Kier alpha value is -2.49. The van der Waals surface area contributed by atoms with E-state index < -0.39 is 5.92 Å². The molecule has 0 radical (unpaired) electrons. The van der Waals surface area contributed by atoms with E-state index in [-0.39, 0.29) is 18.4 Å². The van der Waals surface area contributed by atoms with Gasteiger partial charge in [-0.1, -0.05) is 33.1 Å². The molecule has 2 rings (SSSR count). The molecule has 1 saturated carbocycles. The smallest absolute Gasteiger partial charge is 0.246 e. The molecule has 4 N–H and O–H groups in total. The molecule has 0 saturated heterocycles. The average Bonchev–Trinajstić information content (AvgIpc) is 3.48. The Bertz CT molecular complexity index is 625. The van der Waals surface area contributed by atoms with Crippen LogP contribution in [0, 0.1) is 5.92 Å². The van der Waals surface area contributed by atoms with Crippen LogP contribution >= 0.6 is 0 Å². The number of carbonyl (C=O) groups is 2. The normalized spacial score (nSPS) is 14.3. The molecular weight excluding hydrogens is 350 g/mol. The van der Waals surface area contributed by atoms with Crippen LogP contribution in [0.3, 0.4) is 0 Å². The largest absolute Gasteiger partial charge is 0.351 e. The highest BCUT2D eigenvalue weighted by Crippen LogP contribution is 2.23. The number of hydroxylamine groups is 2. The predicted octanol–water partition coefficient (Wildman–Crippen LogP) is 1.50.